The molecule has 2 aromatic rings. The van der Waals surface area contributed by atoms with Gasteiger partial charge >= 0.3 is 6.09 Å². The molecule has 1 aliphatic rings. The van der Waals surface area contributed by atoms with Crippen molar-refractivity contribution in [3.05, 3.63) is 24.4 Å². The number of hydrogen-bond donors (Lipinski definition) is 1. The van der Waals surface area contributed by atoms with Crippen LogP contribution in [0.5, 0.6) is 0 Å². The fraction of sp³-hybridized carbons (Fsp3) is 0.562. The van der Waals surface area contributed by atoms with Gasteiger partial charge in [-0.25, -0.2) is 14.8 Å². The number of imidazole rings is 1. The van der Waals surface area contributed by atoms with E-state index >= 15 is 0 Å². The molecular weight excluding hydrogens is 294 g/mol. The number of amides is 1. The monoisotopic (exact) mass is 317 g/mol. The number of likely N-dealkylation sites (tertiary alicyclic amines) is 1. The summed E-state index contributed by atoms with van der Waals surface area (Å²) in [7, 11) is 0. The first-order valence-corrected chi connectivity index (χ1v) is 7.90. The van der Waals surface area contributed by atoms with Crippen LogP contribution in [0.1, 0.15) is 45.4 Å². The molecule has 0 aliphatic carbocycles. The number of carbonyl (C=O) groups is 1. The average Bonchev–Trinajstić information content (AvgIpc) is 2.91. The average molecular weight is 317 g/mol. The van der Waals surface area contributed by atoms with Crippen molar-refractivity contribution in [2.24, 2.45) is 0 Å². The SMILES string of the molecule is CC(C)(C)OC(=O)N1CCC[C@@H](c2ncc3c(N)nccn23)C1. The number of ether oxygens (including phenoxy) is 1. The second-order valence-electron chi connectivity index (χ2n) is 6.95. The standard InChI is InChI=1S/C16H23N5O2/c1-16(2,3)23-15(22)20-7-4-5-11(10-20)14-19-9-12-13(17)18-6-8-21(12)14/h6,8-9,11H,4-5,7,10H2,1-3H3,(H2,17,18)/t11-/m1/s1. The highest BCUT2D eigenvalue weighted by Crippen LogP contribution is 2.28. The van der Waals surface area contributed by atoms with E-state index in [0.29, 0.717) is 12.4 Å². The lowest BCUT2D eigenvalue weighted by molar-refractivity contribution is 0.0196. The van der Waals surface area contributed by atoms with E-state index < -0.39 is 5.60 Å². The number of rotatable bonds is 1. The van der Waals surface area contributed by atoms with Gasteiger partial charge in [0.2, 0.25) is 0 Å². The van der Waals surface area contributed by atoms with Gasteiger partial charge in [-0.15, -0.1) is 0 Å². The molecule has 0 bridgehead atoms. The third-order valence-electron chi connectivity index (χ3n) is 3.96. The van der Waals surface area contributed by atoms with Crippen molar-refractivity contribution in [2.75, 3.05) is 18.8 Å². The molecular formula is C16H23N5O2. The first-order chi connectivity index (χ1) is 10.8. The number of nitrogen functional groups attached to an aromatic ring is 1. The quantitative estimate of drug-likeness (QED) is 0.873. The molecule has 1 amide bonds. The molecule has 0 saturated carbocycles. The highest BCUT2D eigenvalue weighted by molar-refractivity contribution is 5.68. The van der Waals surface area contributed by atoms with E-state index in [9.17, 15) is 4.79 Å². The summed E-state index contributed by atoms with van der Waals surface area (Å²) in [6.45, 7) is 6.97. The van der Waals surface area contributed by atoms with Gasteiger partial charge in [-0.05, 0) is 33.6 Å². The van der Waals surface area contributed by atoms with Crippen molar-refractivity contribution < 1.29 is 9.53 Å². The smallest absolute Gasteiger partial charge is 0.410 e. The topological polar surface area (TPSA) is 85.8 Å². The van der Waals surface area contributed by atoms with Crippen LogP contribution in [-0.4, -0.2) is 44.1 Å². The van der Waals surface area contributed by atoms with E-state index in [2.05, 4.69) is 9.97 Å². The van der Waals surface area contributed by atoms with E-state index in [1.807, 2.05) is 31.4 Å². The van der Waals surface area contributed by atoms with Gasteiger partial charge in [0.25, 0.3) is 0 Å². The van der Waals surface area contributed by atoms with Crippen molar-refractivity contribution in [1.82, 2.24) is 19.3 Å². The lowest BCUT2D eigenvalue weighted by atomic mass is 9.97. The maximum Gasteiger partial charge on any atom is 0.410 e. The Morgan fingerprint density at radius 3 is 2.91 bits per heavy atom. The Morgan fingerprint density at radius 1 is 1.39 bits per heavy atom. The van der Waals surface area contributed by atoms with E-state index in [1.165, 1.54) is 0 Å². The van der Waals surface area contributed by atoms with Crippen molar-refractivity contribution in [1.29, 1.82) is 0 Å². The summed E-state index contributed by atoms with van der Waals surface area (Å²) >= 11 is 0. The summed E-state index contributed by atoms with van der Waals surface area (Å²) in [6.07, 6.45) is 6.93. The van der Waals surface area contributed by atoms with Crippen molar-refractivity contribution in [2.45, 2.75) is 45.1 Å². The summed E-state index contributed by atoms with van der Waals surface area (Å²) in [6, 6.07) is 0. The second-order valence-corrected chi connectivity index (χ2v) is 6.95. The van der Waals surface area contributed by atoms with Crippen molar-refractivity contribution in [3.8, 4) is 0 Å². The number of aromatic nitrogens is 3. The lowest BCUT2D eigenvalue weighted by Gasteiger charge is -2.33. The Kier molecular flexibility index (Phi) is 3.87. The van der Waals surface area contributed by atoms with Gasteiger partial charge in [0.15, 0.2) is 0 Å². The molecule has 3 heterocycles. The molecule has 0 aromatic carbocycles. The predicted molar refractivity (Wildman–Crippen MR) is 87.2 cm³/mol. The van der Waals surface area contributed by atoms with Gasteiger partial charge in [0.05, 0.1) is 6.20 Å². The zero-order chi connectivity index (χ0) is 16.6. The third kappa shape index (κ3) is 3.23. The molecule has 0 unspecified atom stereocenters. The molecule has 0 spiro atoms. The molecule has 124 valence electrons. The number of carbonyl (C=O) groups excluding carboxylic acids is 1. The normalized spacial score (nSPS) is 19.1. The largest absolute Gasteiger partial charge is 0.444 e. The second kappa shape index (κ2) is 5.72. The van der Waals surface area contributed by atoms with Crippen LogP contribution in [-0.2, 0) is 4.74 Å². The highest BCUT2D eigenvalue weighted by Gasteiger charge is 2.30. The first kappa shape index (κ1) is 15.6. The minimum absolute atomic E-state index is 0.167. The van der Waals surface area contributed by atoms with Crippen LogP contribution in [0.15, 0.2) is 18.6 Å². The fourth-order valence-electron chi connectivity index (χ4n) is 2.95. The van der Waals surface area contributed by atoms with E-state index in [1.54, 1.807) is 17.3 Å². The van der Waals surface area contributed by atoms with Crippen LogP contribution < -0.4 is 5.73 Å². The van der Waals surface area contributed by atoms with Gasteiger partial charge < -0.3 is 15.4 Å². The molecule has 1 aliphatic heterocycles. The number of piperidine rings is 1. The van der Waals surface area contributed by atoms with Crippen LogP contribution in [0, 0.1) is 0 Å². The Balaban J connectivity index is 1.80. The molecule has 0 radical (unpaired) electrons. The zero-order valence-corrected chi connectivity index (χ0v) is 13.8. The summed E-state index contributed by atoms with van der Waals surface area (Å²) in [4.78, 5) is 22.7. The molecule has 1 atom stereocenters. The number of nitrogens with two attached hydrogens (primary N) is 1. The fourth-order valence-corrected chi connectivity index (χ4v) is 2.95. The minimum Gasteiger partial charge on any atom is -0.444 e. The van der Waals surface area contributed by atoms with Crippen LogP contribution in [0.3, 0.4) is 0 Å². The van der Waals surface area contributed by atoms with Crippen LogP contribution in [0.4, 0.5) is 10.6 Å². The number of hydrogen-bond acceptors (Lipinski definition) is 5. The summed E-state index contributed by atoms with van der Waals surface area (Å²) < 4.78 is 7.44. The summed E-state index contributed by atoms with van der Waals surface area (Å²) in [5.74, 6) is 1.55. The molecule has 2 N–H and O–H groups in total. The van der Waals surface area contributed by atoms with Crippen LogP contribution in [0.25, 0.3) is 5.52 Å². The van der Waals surface area contributed by atoms with Gasteiger partial charge in [-0.2, -0.15) is 0 Å². The molecule has 3 rings (SSSR count). The van der Waals surface area contributed by atoms with Crippen molar-refractivity contribution in [3.63, 3.8) is 0 Å². The number of nitrogens with zero attached hydrogens (tertiary/aromatic N) is 4. The molecule has 7 nitrogen and oxygen atoms in total. The Bertz CT molecular complexity index is 719. The minimum atomic E-state index is -0.482. The van der Waals surface area contributed by atoms with Gasteiger partial charge in [-0.1, -0.05) is 0 Å². The Hall–Kier alpha value is -2.31. The maximum absolute atomic E-state index is 12.3. The molecule has 23 heavy (non-hydrogen) atoms. The predicted octanol–water partition coefficient (Wildman–Crippen LogP) is 2.43. The molecule has 2 aromatic heterocycles. The maximum atomic E-state index is 12.3. The lowest BCUT2D eigenvalue weighted by Crippen LogP contribution is -2.42. The Labute approximate surface area is 135 Å². The third-order valence-corrected chi connectivity index (χ3v) is 3.96. The Morgan fingerprint density at radius 2 is 2.17 bits per heavy atom. The van der Waals surface area contributed by atoms with Crippen molar-refractivity contribution >= 4 is 17.4 Å². The zero-order valence-electron chi connectivity index (χ0n) is 13.8. The van der Waals surface area contributed by atoms with E-state index in [0.717, 1.165) is 30.7 Å². The first-order valence-electron chi connectivity index (χ1n) is 7.90. The van der Waals surface area contributed by atoms with E-state index in [-0.39, 0.29) is 12.0 Å². The molecule has 1 fully saturated rings. The molecule has 7 heteroatoms. The number of fused-ring (bicyclic) bond motifs is 1. The van der Waals surface area contributed by atoms with Gasteiger partial charge in [0, 0.05) is 31.4 Å². The van der Waals surface area contributed by atoms with E-state index in [4.69, 9.17) is 10.5 Å². The van der Waals surface area contributed by atoms with Crippen LogP contribution in [0.2, 0.25) is 0 Å². The van der Waals surface area contributed by atoms with Gasteiger partial charge in [0.1, 0.15) is 22.8 Å². The number of anilines is 1. The highest BCUT2D eigenvalue weighted by atomic mass is 16.6. The summed E-state index contributed by atoms with van der Waals surface area (Å²) in [5.41, 5.74) is 6.21. The summed E-state index contributed by atoms with van der Waals surface area (Å²) in [5, 5.41) is 0. The van der Waals surface area contributed by atoms with Gasteiger partial charge in [-0.3, -0.25) is 4.40 Å². The molecule has 1 saturated heterocycles. The van der Waals surface area contributed by atoms with Crippen LogP contribution >= 0.6 is 0 Å².